The van der Waals surface area contributed by atoms with E-state index in [0.717, 1.165) is 0 Å². The monoisotopic (exact) mass is 393 g/mol. The smallest absolute Gasteiger partial charge is 0.337 e. The van der Waals surface area contributed by atoms with Crippen molar-refractivity contribution < 1.29 is 23.5 Å². The van der Waals surface area contributed by atoms with Gasteiger partial charge >= 0.3 is 5.97 Å². The van der Waals surface area contributed by atoms with E-state index in [-0.39, 0.29) is 42.9 Å². The van der Waals surface area contributed by atoms with Gasteiger partial charge in [-0.25, -0.2) is 4.79 Å². The number of amides is 1. The van der Waals surface area contributed by atoms with Crippen LogP contribution in [0.3, 0.4) is 0 Å². The van der Waals surface area contributed by atoms with Crippen LogP contribution in [0.5, 0.6) is 0 Å². The van der Waals surface area contributed by atoms with Gasteiger partial charge in [0.2, 0.25) is 5.91 Å². The average molecular weight is 393 g/mol. The van der Waals surface area contributed by atoms with Crippen molar-refractivity contribution in [2.24, 2.45) is 0 Å². The lowest BCUT2D eigenvalue weighted by atomic mass is 9.74. The Labute approximate surface area is 167 Å². The lowest BCUT2D eigenvalue weighted by Crippen LogP contribution is -2.42. The van der Waals surface area contributed by atoms with Gasteiger partial charge in [-0.3, -0.25) is 4.79 Å². The zero-order valence-corrected chi connectivity index (χ0v) is 16.0. The Morgan fingerprint density at radius 3 is 2.86 bits per heavy atom. The first-order chi connectivity index (χ1) is 14.0. The number of esters is 1. The third-order valence-corrected chi connectivity index (χ3v) is 5.26. The molecule has 29 heavy (non-hydrogen) atoms. The van der Waals surface area contributed by atoms with Gasteiger partial charge in [-0.05, 0) is 12.5 Å². The third-order valence-electron chi connectivity index (χ3n) is 5.26. The Morgan fingerprint density at radius 2 is 2.14 bits per heavy atom. The van der Waals surface area contributed by atoms with Gasteiger partial charge in [0.05, 0.1) is 18.7 Å². The molecular weight excluding hydrogens is 374 g/mol. The molecule has 2 N–H and O–H groups in total. The summed E-state index contributed by atoms with van der Waals surface area (Å²) in [4.78, 5) is 32.6. The highest BCUT2D eigenvalue weighted by Gasteiger charge is 2.63. The molecule has 0 fully saturated rings. The second-order valence-electron chi connectivity index (χ2n) is 6.71. The van der Waals surface area contributed by atoms with E-state index in [1.807, 2.05) is 6.07 Å². The van der Waals surface area contributed by atoms with Crippen LogP contribution >= 0.6 is 0 Å². The average Bonchev–Trinajstić information content (AvgIpc) is 3.28. The van der Waals surface area contributed by atoms with E-state index < -0.39 is 11.4 Å². The van der Waals surface area contributed by atoms with Gasteiger partial charge < -0.3 is 24.5 Å². The second kappa shape index (κ2) is 6.79. The van der Waals surface area contributed by atoms with Crippen molar-refractivity contribution in [1.82, 2.24) is 9.88 Å². The molecule has 1 spiro atoms. The molecule has 1 aromatic carbocycles. The molecule has 0 saturated carbocycles. The summed E-state index contributed by atoms with van der Waals surface area (Å²) in [5, 5.41) is 0. The lowest BCUT2D eigenvalue weighted by molar-refractivity contribution is -0.142. The number of carbonyl (C=O) groups is 2. The maximum Gasteiger partial charge on any atom is 0.337 e. The molecule has 1 aliphatic heterocycles. The van der Waals surface area contributed by atoms with Crippen molar-refractivity contribution in [2.45, 2.75) is 12.3 Å². The van der Waals surface area contributed by atoms with Gasteiger partial charge in [0.1, 0.15) is 12.3 Å². The molecule has 1 aromatic heterocycles. The summed E-state index contributed by atoms with van der Waals surface area (Å²) in [6, 6.07) is 7.09. The van der Waals surface area contributed by atoms with Crippen LogP contribution in [0.2, 0.25) is 0 Å². The molecule has 2 heterocycles. The van der Waals surface area contributed by atoms with Gasteiger partial charge in [0, 0.05) is 18.4 Å². The van der Waals surface area contributed by atoms with E-state index in [9.17, 15) is 9.59 Å². The topological polar surface area (TPSA) is 108 Å². The van der Waals surface area contributed by atoms with Gasteiger partial charge in [0.25, 0.3) is 6.01 Å². The van der Waals surface area contributed by atoms with Crippen molar-refractivity contribution in [2.75, 3.05) is 32.6 Å². The fourth-order valence-corrected chi connectivity index (χ4v) is 4.12. The molecule has 1 aliphatic carbocycles. The van der Waals surface area contributed by atoms with E-state index >= 15 is 0 Å². The maximum atomic E-state index is 13.7. The van der Waals surface area contributed by atoms with Crippen LogP contribution in [0.1, 0.15) is 18.2 Å². The minimum absolute atomic E-state index is 0.00605. The molecule has 0 radical (unpaired) electrons. The zero-order valence-electron chi connectivity index (χ0n) is 16.0. The summed E-state index contributed by atoms with van der Waals surface area (Å²) >= 11 is 0. The summed E-state index contributed by atoms with van der Waals surface area (Å²) in [6.07, 6.45) is 5.48. The first-order valence-electron chi connectivity index (χ1n) is 8.98. The first-order valence-corrected chi connectivity index (χ1v) is 8.98. The number of methoxy groups -OCH3 is 1. The number of anilines is 1. The number of nitrogens with zero attached hydrogens (tertiary/aromatic N) is 2. The Kier molecular flexibility index (Phi) is 4.40. The van der Waals surface area contributed by atoms with Gasteiger partial charge in [0.15, 0.2) is 11.2 Å². The molecule has 1 atom stereocenters. The number of carbonyl (C=O) groups excluding carboxylic acids is 2. The Morgan fingerprint density at radius 1 is 1.38 bits per heavy atom. The quantitative estimate of drug-likeness (QED) is 0.465. The molecule has 0 bridgehead atoms. The van der Waals surface area contributed by atoms with Gasteiger partial charge in [-0.1, -0.05) is 30.2 Å². The summed E-state index contributed by atoms with van der Waals surface area (Å²) < 4.78 is 16.0. The number of ether oxygens (including phenoxy) is 2. The zero-order chi connectivity index (χ0) is 20.8. The van der Waals surface area contributed by atoms with Crippen molar-refractivity contribution in [1.29, 1.82) is 0 Å². The highest BCUT2D eigenvalue weighted by molar-refractivity contribution is 6.14. The summed E-state index contributed by atoms with van der Waals surface area (Å²) in [6.45, 7) is 1.94. The molecule has 1 amide bonds. The summed E-state index contributed by atoms with van der Waals surface area (Å²) in [5.41, 5.74) is 6.38. The van der Waals surface area contributed by atoms with Crippen LogP contribution in [0.15, 0.2) is 40.0 Å². The third kappa shape index (κ3) is 2.41. The largest absolute Gasteiger partial charge is 0.460 e. The minimum Gasteiger partial charge on any atom is -0.460 e. The number of benzene rings is 1. The number of aromatic nitrogens is 1. The molecule has 2 aromatic rings. The Hall–Kier alpha value is -3.57. The molecule has 0 saturated heterocycles. The van der Waals surface area contributed by atoms with Gasteiger partial charge in [-0.15, -0.1) is 6.42 Å². The maximum absolute atomic E-state index is 13.7. The van der Waals surface area contributed by atoms with E-state index in [0.29, 0.717) is 22.6 Å². The highest BCUT2D eigenvalue weighted by Crippen LogP contribution is 2.57. The molecular formula is C21H19N3O5. The normalized spacial score (nSPS) is 19.5. The van der Waals surface area contributed by atoms with Gasteiger partial charge in [-0.2, -0.15) is 4.98 Å². The predicted octanol–water partition coefficient (Wildman–Crippen LogP) is 1.46. The van der Waals surface area contributed by atoms with E-state index in [1.54, 1.807) is 25.1 Å². The summed E-state index contributed by atoms with van der Waals surface area (Å²) in [5.74, 6) is 1.81. The van der Waals surface area contributed by atoms with Crippen molar-refractivity contribution in [3.8, 4) is 23.7 Å². The molecule has 148 valence electrons. The standard InChI is InChI=1S/C21H19N3O5/c1-4-9-24-12(2)15(18(25)28-11-10-27-3)21(19(24)26)14-8-6-5-7-13(14)16-17(21)23-20(22)29-16/h1,5-8H,9-11H2,2-3H3,(H2,22,23). The first kappa shape index (κ1) is 18.8. The number of rotatable bonds is 5. The number of terminal acetylenes is 1. The number of hydrogen-bond acceptors (Lipinski definition) is 7. The number of nitrogens with two attached hydrogens (primary N) is 1. The van der Waals surface area contributed by atoms with Crippen LogP contribution in [0, 0.1) is 12.3 Å². The van der Waals surface area contributed by atoms with Crippen molar-refractivity contribution in [3.63, 3.8) is 0 Å². The fourth-order valence-electron chi connectivity index (χ4n) is 4.12. The Bertz CT molecular complexity index is 1090. The number of nitrogen functional groups attached to an aromatic ring is 1. The second-order valence-corrected chi connectivity index (χ2v) is 6.71. The van der Waals surface area contributed by atoms with E-state index in [4.69, 9.17) is 26.0 Å². The van der Waals surface area contributed by atoms with Crippen molar-refractivity contribution >= 4 is 17.9 Å². The molecule has 1 unspecified atom stereocenters. The van der Waals surface area contributed by atoms with E-state index in [1.165, 1.54) is 12.0 Å². The Balaban J connectivity index is 1.98. The highest BCUT2D eigenvalue weighted by atomic mass is 16.6. The fraction of sp³-hybridized carbons (Fsp3) is 0.286. The lowest BCUT2D eigenvalue weighted by Gasteiger charge is -2.26. The number of allylic oxidation sites excluding steroid dienone is 1. The van der Waals surface area contributed by atoms with E-state index in [2.05, 4.69) is 10.9 Å². The van der Waals surface area contributed by atoms with Crippen LogP contribution in [-0.2, 0) is 24.5 Å². The minimum atomic E-state index is -1.52. The number of fused-ring (bicyclic) bond motifs is 5. The predicted molar refractivity (Wildman–Crippen MR) is 103 cm³/mol. The number of hydrogen-bond donors (Lipinski definition) is 1. The van der Waals surface area contributed by atoms with Crippen LogP contribution in [-0.4, -0.2) is 48.6 Å². The van der Waals surface area contributed by atoms with Crippen LogP contribution in [0.25, 0.3) is 11.3 Å². The molecule has 8 nitrogen and oxygen atoms in total. The van der Waals surface area contributed by atoms with Crippen molar-refractivity contribution in [3.05, 3.63) is 46.8 Å². The molecule has 8 heteroatoms. The molecule has 2 aliphatic rings. The van der Waals surface area contributed by atoms with Crippen LogP contribution in [0.4, 0.5) is 6.01 Å². The SMILES string of the molecule is C#CCN1C(=O)C2(C(C(=O)OCCOC)=C1C)c1ccccc1-c1oc(N)nc12. The molecule has 4 rings (SSSR count). The summed E-state index contributed by atoms with van der Waals surface area (Å²) in [7, 11) is 1.51. The number of oxazole rings is 1. The van der Waals surface area contributed by atoms with Crippen LogP contribution < -0.4 is 5.73 Å².